The highest BCUT2D eigenvalue weighted by Gasteiger charge is 2.52. The molecule has 2 bridgehead atoms. The molecule has 1 saturated heterocycles. The van der Waals surface area contributed by atoms with Gasteiger partial charge in [0.1, 0.15) is 0 Å². The Labute approximate surface area is 104 Å². The minimum Gasteiger partial charge on any atom is -0.396 e. The molecule has 2 rings (SSSR count). The van der Waals surface area contributed by atoms with E-state index in [9.17, 15) is 5.11 Å². The van der Waals surface area contributed by atoms with Crippen LogP contribution in [0.1, 0.15) is 27.7 Å². The summed E-state index contributed by atoms with van der Waals surface area (Å²) < 4.78 is 6.00. The first-order chi connectivity index (χ1) is 8.06. The van der Waals surface area contributed by atoms with Crippen molar-refractivity contribution < 1.29 is 9.84 Å². The second kappa shape index (κ2) is 4.58. The van der Waals surface area contributed by atoms with Crippen molar-refractivity contribution >= 4 is 0 Å². The number of hydrogen-bond donors (Lipinski definition) is 1. The molecule has 96 valence electrons. The molecule has 5 unspecified atom stereocenters. The van der Waals surface area contributed by atoms with Crippen LogP contribution in [-0.2, 0) is 4.74 Å². The Kier molecular flexibility index (Phi) is 3.46. The SMILES string of the molecule is CC=CC1OCC2(CO)C(C)C=C(C)C1C2C. The summed E-state index contributed by atoms with van der Waals surface area (Å²) in [6.45, 7) is 9.59. The van der Waals surface area contributed by atoms with Crippen LogP contribution in [0.25, 0.3) is 0 Å². The molecule has 0 aromatic rings. The topological polar surface area (TPSA) is 29.5 Å². The molecule has 0 radical (unpaired) electrons. The maximum atomic E-state index is 9.81. The summed E-state index contributed by atoms with van der Waals surface area (Å²) in [5.74, 6) is 1.29. The smallest absolute Gasteiger partial charge is 0.0823 e. The Hall–Kier alpha value is -0.600. The monoisotopic (exact) mass is 236 g/mol. The third-order valence-corrected chi connectivity index (χ3v) is 4.97. The van der Waals surface area contributed by atoms with Gasteiger partial charge in [0.2, 0.25) is 0 Å². The van der Waals surface area contributed by atoms with E-state index >= 15 is 0 Å². The lowest BCUT2D eigenvalue weighted by Gasteiger charge is -2.54. The van der Waals surface area contributed by atoms with Gasteiger partial charge in [-0.05, 0) is 25.7 Å². The zero-order valence-corrected chi connectivity index (χ0v) is 11.3. The number of allylic oxidation sites excluding steroid dienone is 2. The van der Waals surface area contributed by atoms with Crippen LogP contribution in [0, 0.1) is 23.2 Å². The molecule has 2 heteroatoms. The van der Waals surface area contributed by atoms with Crippen molar-refractivity contribution in [2.24, 2.45) is 23.2 Å². The van der Waals surface area contributed by atoms with Crippen molar-refractivity contribution in [3.8, 4) is 0 Å². The molecule has 1 aliphatic heterocycles. The molecular formula is C15H24O2. The first-order valence-electron chi connectivity index (χ1n) is 6.60. The van der Waals surface area contributed by atoms with E-state index in [2.05, 4.69) is 39.0 Å². The van der Waals surface area contributed by atoms with E-state index in [0.717, 1.165) is 0 Å². The van der Waals surface area contributed by atoms with Crippen molar-refractivity contribution in [1.29, 1.82) is 0 Å². The predicted octanol–water partition coefficient (Wildman–Crippen LogP) is 2.79. The van der Waals surface area contributed by atoms with Crippen LogP contribution >= 0.6 is 0 Å². The molecule has 0 spiro atoms. The van der Waals surface area contributed by atoms with Crippen LogP contribution < -0.4 is 0 Å². The summed E-state index contributed by atoms with van der Waals surface area (Å²) in [4.78, 5) is 0. The van der Waals surface area contributed by atoms with Gasteiger partial charge in [0.05, 0.1) is 19.3 Å². The zero-order chi connectivity index (χ0) is 12.6. The fourth-order valence-corrected chi connectivity index (χ4v) is 3.70. The normalized spacial score (nSPS) is 46.1. The summed E-state index contributed by atoms with van der Waals surface area (Å²) in [7, 11) is 0. The Morgan fingerprint density at radius 1 is 1.53 bits per heavy atom. The third-order valence-electron chi connectivity index (χ3n) is 4.97. The highest BCUT2D eigenvalue weighted by Crippen LogP contribution is 2.52. The molecule has 1 heterocycles. The molecule has 0 saturated carbocycles. The average Bonchev–Trinajstić information content (AvgIpc) is 2.28. The van der Waals surface area contributed by atoms with Gasteiger partial charge in [0, 0.05) is 11.3 Å². The zero-order valence-electron chi connectivity index (χ0n) is 11.3. The number of rotatable bonds is 2. The van der Waals surface area contributed by atoms with Crippen LogP contribution in [0.3, 0.4) is 0 Å². The van der Waals surface area contributed by atoms with Crippen molar-refractivity contribution in [3.05, 3.63) is 23.8 Å². The maximum Gasteiger partial charge on any atom is 0.0823 e. The maximum absolute atomic E-state index is 9.81. The fraction of sp³-hybridized carbons (Fsp3) is 0.733. The minimum absolute atomic E-state index is 0.0811. The quantitative estimate of drug-likeness (QED) is 0.747. The second-order valence-electron chi connectivity index (χ2n) is 5.71. The van der Waals surface area contributed by atoms with Gasteiger partial charge >= 0.3 is 0 Å². The molecule has 1 aliphatic carbocycles. The first kappa shape index (κ1) is 12.8. The van der Waals surface area contributed by atoms with Gasteiger partial charge in [-0.2, -0.15) is 0 Å². The fourth-order valence-electron chi connectivity index (χ4n) is 3.70. The van der Waals surface area contributed by atoms with Gasteiger partial charge in [-0.1, -0.05) is 37.6 Å². The lowest BCUT2D eigenvalue weighted by Crippen LogP contribution is -2.55. The number of fused-ring (bicyclic) bond motifs is 2. The highest BCUT2D eigenvalue weighted by atomic mass is 16.5. The Bertz CT molecular complexity index is 345. The number of aliphatic hydroxyl groups excluding tert-OH is 1. The van der Waals surface area contributed by atoms with Crippen LogP contribution in [0.4, 0.5) is 0 Å². The summed E-state index contributed by atoms with van der Waals surface area (Å²) in [5, 5.41) is 9.81. The molecule has 0 aromatic carbocycles. The molecule has 2 aliphatic rings. The molecule has 1 fully saturated rings. The Morgan fingerprint density at radius 3 is 2.82 bits per heavy atom. The molecular weight excluding hydrogens is 212 g/mol. The molecule has 2 nitrogen and oxygen atoms in total. The van der Waals surface area contributed by atoms with Crippen molar-refractivity contribution in [2.75, 3.05) is 13.2 Å². The van der Waals surface area contributed by atoms with Crippen molar-refractivity contribution in [2.45, 2.75) is 33.8 Å². The van der Waals surface area contributed by atoms with E-state index in [1.54, 1.807) is 0 Å². The summed E-state index contributed by atoms with van der Waals surface area (Å²) >= 11 is 0. The van der Waals surface area contributed by atoms with Gasteiger partial charge in [-0.3, -0.25) is 0 Å². The number of hydrogen-bond acceptors (Lipinski definition) is 2. The van der Waals surface area contributed by atoms with Gasteiger partial charge in [0.25, 0.3) is 0 Å². The molecule has 17 heavy (non-hydrogen) atoms. The van der Waals surface area contributed by atoms with Crippen molar-refractivity contribution in [3.63, 3.8) is 0 Å². The van der Waals surface area contributed by atoms with E-state index in [-0.39, 0.29) is 18.1 Å². The average molecular weight is 236 g/mol. The molecule has 1 N–H and O–H groups in total. The Balaban J connectivity index is 2.40. The lowest BCUT2D eigenvalue weighted by molar-refractivity contribution is -0.148. The number of aliphatic hydroxyl groups is 1. The first-order valence-corrected chi connectivity index (χ1v) is 6.60. The largest absolute Gasteiger partial charge is 0.396 e. The van der Waals surface area contributed by atoms with Gasteiger partial charge < -0.3 is 9.84 Å². The van der Waals surface area contributed by atoms with Crippen LogP contribution in [0.15, 0.2) is 23.8 Å². The molecule has 0 amide bonds. The van der Waals surface area contributed by atoms with Crippen LogP contribution in [-0.4, -0.2) is 24.4 Å². The molecule has 0 aromatic heterocycles. The van der Waals surface area contributed by atoms with Gasteiger partial charge in [0.15, 0.2) is 0 Å². The van der Waals surface area contributed by atoms with Gasteiger partial charge in [-0.15, -0.1) is 0 Å². The predicted molar refractivity (Wildman–Crippen MR) is 69.6 cm³/mol. The summed E-state index contributed by atoms with van der Waals surface area (Å²) in [6.07, 6.45) is 6.73. The lowest BCUT2D eigenvalue weighted by atomic mass is 9.56. The van der Waals surface area contributed by atoms with Crippen LogP contribution in [0.5, 0.6) is 0 Å². The van der Waals surface area contributed by atoms with E-state index in [1.165, 1.54) is 5.57 Å². The molecule has 5 atom stereocenters. The van der Waals surface area contributed by atoms with Gasteiger partial charge in [-0.25, -0.2) is 0 Å². The van der Waals surface area contributed by atoms with E-state index < -0.39 is 0 Å². The third kappa shape index (κ3) is 1.78. The minimum atomic E-state index is -0.0811. The summed E-state index contributed by atoms with van der Waals surface area (Å²) in [5.41, 5.74) is 1.33. The van der Waals surface area contributed by atoms with Crippen molar-refractivity contribution in [1.82, 2.24) is 0 Å². The van der Waals surface area contributed by atoms with E-state index in [0.29, 0.717) is 24.4 Å². The standard InChI is InChI=1S/C15H24O2/c1-5-6-13-14-10(2)7-11(3)15(8-16,9-17-13)12(14)4/h5-7,11-14,16H,8-9H2,1-4H3. The van der Waals surface area contributed by atoms with E-state index in [4.69, 9.17) is 4.74 Å². The Morgan fingerprint density at radius 2 is 2.24 bits per heavy atom. The number of ether oxygens (including phenoxy) is 1. The second-order valence-corrected chi connectivity index (χ2v) is 5.71. The van der Waals surface area contributed by atoms with Crippen LogP contribution in [0.2, 0.25) is 0 Å². The highest BCUT2D eigenvalue weighted by molar-refractivity contribution is 5.22. The summed E-state index contributed by atoms with van der Waals surface area (Å²) in [6, 6.07) is 0. The van der Waals surface area contributed by atoms with E-state index in [1.807, 2.05) is 6.92 Å².